The average molecular weight is 345 g/mol. The van der Waals surface area contributed by atoms with Gasteiger partial charge in [0, 0.05) is 17.8 Å². The van der Waals surface area contributed by atoms with E-state index in [1.165, 1.54) is 0 Å². The topological polar surface area (TPSA) is 46.5 Å². The number of ketones is 1. The minimum Gasteiger partial charge on any atom is -0.413 e. The first-order valence-electron chi connectivity index (χ1n) is 8.90. The lowest BCUT2D eigenvalue weighted by Gasteiger charge is -2.43. The molecule has 23 heavy (non-hydrogen) atoms. The zero-order valence-corrected chi connectivity index (χ0v) is 18.3. The maximum absolute atomic E-state index is 12.2. The standard InChI is InChI=1S/C19H40O3Si/c1-13(2)17(22-23(10,11)19(7,8)9)14(3)15(20)12-16(21)18(4,5)6/h13-15,17,20H,12H2,1-11H3/t14-,15-,17-/m1/s1. The molecule has 138 valence electrons. The van der Waals surface area contributed by atoms with Crippen LogP contribution in [0.25, 0.3) is 0 Å². The van der Waals surface area contributed by atoms with Crippen molar-refractivity contribution in [2.45, 2.75) is 99.1 Å². The van der Waals surface area contributed by atoms with Crippen molar-refractivity contribution in [2.24, 2.45) is 17.3 Å². The number of carbonyl (C=O) groups is 1. The molecule has 0 aliphatic carbocycles. The number of aliphatic hydroxyl groups excluding tert-OH is 1. The van der Waals surface area contributed by atoms with Crippen LogP contribution in [0.2, 0.25) is 18.1 Å². The first kappa shape index (κ1) is 22.8. The number of rotatable bonds is 7. The van der Waals surface area contributed by atoms with Gasteiger partial charge >= 0.3 is 0 Å². The third kappa shape index (κ3) is 6.67. The van der Waals surface area contributed by atoms with E-state index in [0.29, 0.717) is 5.92 Å². The Morgan fingerprint density at radius 3 is 1.78 bits per heavy atom. The number of hydrogen-bond acceptors (Lipinski definition) is 3. The van der Waals surface area contributed by atoms with E-state index < -0.39 is 19.8 Å². The highest BCUT2D eigenvalue weighted by Gasteiger charge is 2.42. The van der Waals surface area contributed by atoms with Crippen molar-refractivity contribution in [3.8, 4) is 0 Å². The van der Waals surface area contributed by atoms with Gasteiger partial charge in [0.05, 0.1) is 12.2 Å². The van der Waals surface area contributed by atoms with Gasteiger partial charge in [-0.2, -0.15) is 0 Å². The average Bonchev–Trinajstić information content (AvgIpc) is 2.32. The zero-order chi connectivity index (χ0) is 18.8. The third-order valence-electron chi connectivity index (χ3n) is 5.25. The highest BCUT2D eigenvalue weighted by Crippen LogP contribution is 2.39. The Labute approximate surface area is 145 Å². The summed E-state index contributed by atoms with van der Waals surface area (Å²) in [5, 5.41) is 10.7. The lowest BCUT2D eigenvalue weighted by Crippen LogP contribution is -2.49. The summed E-state index contributed by atoms with van der Waals surface area (Å²) in [6.07, 6.45) is -0.480. The summed E-state index contributed by atoms with van der Waals surface area (Å²) >= 11 is 0. The van der Waals surface area contributed by atoms with Gasteiger partial charge in [0.15, 0.2) is 8.32 Å². The molecule has 0 heterocycles. The van der Waals surface area contributed by atoms with Crippen molar-refractivity contribution in [1.29, 1.82) is 0 Å². The first-order chi connectivity index (χ1) is 10.0. The zero-order valence-electron chi connectivity index (χ0n) is 17.3. The lowest BCUT2D eigenvalue weighted by atomic mass is 9.82. The minimum absolute atomic E-state index is 0.0290. The second-order valence-corrected chi connectivity index (χ2v) is 14.6. The van der Waals surface area contributed by atoms with E-state index in [2.05, 4.69) is 47.7 Å². The Morgan fingerprint density at radius 1 is 1.04 bits per heavy atom. The van der Waals surface area contributed by atoms with E-state index in [-0.39, 0.29) is 29.3 Å². The molecular weight excluding hydrogens is 304 g/mol. The summed E-state index contributed by atoms with van der Waals surface area (Å²) < 4.78 is 6.58. The number of hydrogen-bond donors (Lipinski definition) is 1. The molecule has 0 saturated heterocycles. The van der Waals surface area contributed by atoms with Gasteiger partial charge in [0.1, 0.15) is 5.78 Å². The lowest BCUT2D eigenvalue weighted by molar-refractivity contribution is -0.129. The predicted octanol–water partition coefficient (Wildman–Crippen LogP) is 5.04. The van der Waals surface area contributed by atoms with Crippen molar-refractivity contribution in [2.75, 3.05) is 0 Å². The molecule has 0 rings (SSSR count). The number of Topliss-reactive ketones (excluding diaryl/α,β-unsaturated/α-hetero) is 1. The highest BCUT2D eigenvalue weighted by atomic mass is 28.4. The molecule has 0 aromatic carbocycles. The molecule has 0 amide bonds. The molecule has 1 N–H and O–H groups in total. The van der Waals surface area contributed by atoms with Crippen LogP contribution in [0, 0.1) is 17.3 Å². The van der Waals surface area contributed by atoms with Crippen LogP contribution in [0.1, 0.15) is 68.7 Å². The maximum atomic E-state index is 12.2. The van der Waals surface area contributed by atoms with Crippen molar-refractivity contribution in [3.05, 3.63) is 0 Å². The van der Waals surface area contributed by atoms with Crippen LogP contribution >= 0.6 is 0 Å². The van der Waals surface area contributed by atoms with Gasteiger partial charge in [0.25, 0.3) is 0 Å². The van der Waals surface area contributed by atoms with Crippen molar-refractivity contribution >= 4 is 14.1 Å². The molecule has 0 unspecified atom stereocenters. The molecule has 3 nitrogen and oxygen atoms in total. The molecule has 0 bridgehead atoms. The van der Waals surface area contributed by atoms with Crippen LogP contribution < -0.4 is 0 Å². The van der Waals surface area contributed by atoms with E-state index in [1.807, 2.05) is 27.7 Å². The SMILES string of the molecule is CC(C)[C@@H](O[Si](C)(C)C(C)(C)C)[C@H](C)[C@H](O)CC(=O)C(C)(C)C. The minimum atomic E-state index is -1.91. The molecule has 0 aliphatic heterocycles. The van der Waals surface area contributed by atoms with Gasteiger partial charge in [-0.25, -0.2) is 0 Å². The quantitative estimate of drug-likeness (QED) is 0.658. The van der Waals surface area contributed by atoms with Gasteiger partial charge in [-0.3, -0.25) is 4.79 Å². The Morgan fingerprint density at radius 2 is 1.48 bits per heavy atom. The van der Waals surface area contributed by atoms with E-state index in [0.717, 1.165) is 0 Å². The Kier molecular flexibility index (Phi) is 7.73. The van der Waals surface area contributed by atoms with Crippen LogP contribution in [0.5, 0.6) is 0 Å². The van der Waals surface area contributed by atoms with Gasteiger partial charge < -0.3 is 9.53 Å². The molecule has 4 heteroatoms. The van der Waals surface area contributed by atoms with Crippen LogP contribution in [-0.2, 0) is 9.22 Å². The molecule has 0 aliphatic rings. The van der Waals surface area contributed by atoms with Gasteiger partial charge in [-0.05, 0) is 24.1 Å². The Bertz CT molecular complexity index is 388. The highest BCUT2D eigenvalue weighted by molar-refractivity contribution is 6.74. The molecule has 0 fully saturated rings. The van der Waals surface area contributed by atoms with Crippen LogP contribution in [-0.4, -0.2) is 31.4 Å². The fraction of sp³-hybridized carbons (Fsp3) is 0.947. The maximum Gasteiger partial charge on any atom is 0.192 e. The van der Waals surface area contributed by atoms with Crippen molar-refractivity contribution < 1.29 is 14.3 Å². The predicted molar refractivity (Wildman–Crippen MR) is 101 cm³/mol. The molecule has 3 atom stereocenters. The second-order valence-electron chi connectivity index (χ2n) is 9.89. The largest absolute Gasteiger partial charge is 0.413 e. The Hall–Kier alpha value is -0.193. The normalized spacial score (nSPS) is 18.0. The fourth-order valence-corrected chi connectivity index (χ4v) is 3.79. The fourth-order valence-electron chi connectivity index (χ4n) is 2.27. The second kappa shape index (κ2) is 7.79. The van der Waals surface area contributed by atoms with Gasteiger partial charge in [-0.1, -0.05) is 62.3 Å². The molecule has 0 spiro atoms. The van der Waals surface area contributed by atoms with Gasteiger partial charge in [-0.15, -0.1) is 0 Å². The van der Waals surface area contributed by atoms with Crippen LogP contribution in [0.15, 0.2) is 0 Å². The summed E-state index contributed by atoms with van der Waals surface area (Å²) in [5.41, 5.74) is -0.408. The molecule has 0 aromatic rings. The third-order valence-corrected chi connectivity index (χ3v) is 9.72. The van der Waals surface area contributed by atoms with Crippen LogP contribution in [0.3, 0.4) is 0 Å². The van der Waals surface area contributed by atoms with E-state index in [4.69, 9.17) is 4.43 Å². The van der Waals surface area contributed by atoms with Crippen LogP contribution in [0.4, 0.5) is 0 Å². The van der Waals surface area contributed by atoms with Crippen molar-refractivity contribution in [1.82, 2.24) is 0 Å². The van der Waals surface area contributed by atoms with Crippen molar-refractivity contribution in [3.63, 3.8) is 0 Å². The number of carbonyl (C=O) groups excluding carboxylic acids is 1. The smallest absolute Gasteiger partial charge is 0.192 e. The van der Waals surface area contributed by atoms with Gasteiger partial charge in [0.2, 0.25) is 0 Å². The van der Waals surface area contributed by atoms with E-state index in [9.17, 15) is 9.90 Å². The van der Waals surface area contributed by atoms with E-state index in [1.54, 1.807) is 0 Å². The summed E-state index contributed by atoms with van der Waals surface area (Å²) in [6.45, 7) is 23.1. The van der Waals surface area contributed by atoms with E-state index >= 15 is 0 Å². The molecular formula is C19H40O3Si. The summed E-state index contributed by atoms with van der Waals surface area (Å²) in [6, 6.07) is 0. The summed E-state index contributed by atoms with van der Waals surface area (Å²) in [5.74, 6) is 0.348. The summed E-state index contributed by atoms with van der Waals surface area (Å²) in [7, 11) is -1.91. The Balaban J connectivity index is 5.14. The summed E-state index contributed by atoms with van der Waals surface area (Å²) in [4.78, 5) is 12.2. The first-order valence-corrected chi connectivity index (χ1v) is 11.8. The molecule has 0 aromatic heterocycles. The monoisotopic (exact) mass is 344 g/mol. The molecule has 0 saturated carbocycles. The number of aliphatic hydroxyl groups is 1. The molecule has 0 radical (unpaired) electrons.